The number of carbonyl (C=O) groups excluding carboxylic acids is 2. The summed E-state index contributed by atoms with van der Waals surface area (Å²) in [7, 11) is 0. The first-order chi connectivity index (χ1) is 8.94. The molecule has 19 heavy (non-hydrogen) atoms. The predicted molar refractivity (Wildman–Crippen MR) is 64.6 cm³/mol. The van der Waals surface area contributed by atoms with Crippen LogP contribution in [0.3, 0.4) is 0 Å². The number of nitro groups is 1. The molecule has 0 saturated carbocycles. The zero-order valence-electron chi connectivity index (χ0n) is 10.1. The Bertz CT molecular complexity index is 627. The van der Waals surface area contributed by atoms with E-state index in [1.54, 1.807) is 6.07 Å². The number of hydrogen-bond acceptors (Lipinski definition) is 4. The lowest BCUT2D eigenvalue weighted by Crippen LogP contribution is -2.49. The van der Waals surface area contributed by atoms with Crippen LogP contribution in [0.4, 0.5) is 10.5 Å². The lowest BCUT2D eigenvalue weighted by Gasteiger charge is -2.25. The van der Waals surface area contributed by atoms with Crippen LogP contribution in [0.15, 0.2) is 18.2 Å². The minimum Gasteiger partial charge on any atom is -0.322 e. The molecule has 0 radical (unpaired) electrons. The van der Waals surface area contributed by atoms with Crippen molar-refractivity contribution in [3.05, 3.63) is 39.4 Å². The van der Waals surface area contributed by atoms with Crippen LogP contribution < -0.4 is 10.6 Å². The smallest absolute Gasteiger partial charge is 0.322 e. The second kappa shape index (κ2) is 3.53. The molecule has 2 aliphatic rings. The zero-order chi connectivity index (χ0) is 13.8. The second-order valence-electron chi connectivity index (χ2n) is 4.92. The minimum absolute atomic E-state index is 0.00673. The van der Waals surface area contributed by atoms with Gasteiger partial charge in [0.2, 0.25) is 0 Å². The van der Waals surface area contributed by atoms with E-state index in [9.17, 15) is 19.7 Å². The Labute approximate surface area is 108 Å². The van der Waals surface area contributed by atoms with E-state index in [0.29, 0.717) is 0 Å². The highest BCUT2D eigenvalue weighted by molar-refractivity contribution is 6.08. The Morgan fingerprint density at radius 2 is 2.16 bits per heavy atom. The minimum atomic E-state index is -1.01. The van der Waals surface area contributed by atoms with Crippen molar-refractivity contribution in [1.82, 2.24) is 10.6 Å². The Balaban J connectivity index is 2.06. The van der Waals surface area contributed by atoms with Crippen LogP contribution >= 0.6 is 0 Å². The molecule has 1 heterocycles. The highest BCUT2D eigenvalue weighted by Gasteiger charge is 2.54. The number of benzene rings is 1. The standard InChI is InChI=1S/C12H11N3O4/c1-6-9-3-2-8(15(18)19)4-7(9)5-12(6)10(16)13-11(17)14-12/h2-4,6H,5H2,1H3,(H2,13,14,16,17). The molecule has 98 valence electrons. The molecule has 1 fully saturated rings. The average Bonchev–Trinajstić information content (AvgIpc) is 2.78. The number of urea groups is 1. The number of fused-ring (bicyclic) bond motifs is 1. The van der Waals surface area contributed by atoms with Crippen molar-refractivity contribution < 1.29 is 14.5 Å². The second-order valence-corrected chi connectivity index (χ2v) is 4.92. The number of non-ortho nitro benzene ring substituents is 1. The van der Waals surface area contributed by atoms with E-state index in [2.05, 4.69) is 10.6 Å². The third kappa shape index (κ3) is 1.44. The number of carbonyl (C=O) groups is 2. The van der Waals surface area contributed by atoms with E-state index in [1.165, 1.54) is 12.1 Å². The average molecular weight is 261 g/mol. The molecule has 1 aliphatic carbocycles. The SMILES string of the molecule is CC1c2ccc([N+](=O)[O-])cc2CC12NC(=O)NC2=O. The lowest BCUT2D eigenvalue weighted by molar-refractivity contribution is -0.384. The van der Waals surface area contributed by atoms with Crippen molar-refractivity contribution in [3.63, 3.8) is 0 Å². The molecule has 1 spiro atoms. The molecule has 3 rings (SSSR count). The molecule has 2 N–H and O–H groups in total. The van der Waals surface area contributed by atoms with E-state index >= 15 is 0 Å². The fraction of sp³-hybridized carbons (Fsp3) is 0.333. The summed E-state index contributed by atoms with van der Waals surface area (Å²) in [6.07, 6.45) is 0.281. The Kier molecular flexibility index (Phi) is 2.16. The summed E-state index contributed by atoms with van der Waals surface area (Å²) in [5, 5.41) is 15.7. The van der Waals surface area contributed by atoms with Crippen molar-refractivity contribution in [1.29, 1.82) is 0 Å². The quantitative estimate of drug-likeness (QED) is 0.444. The van der Waals surface area contributed by atoms with Gasteiger partial charge in [0.05, 0.1) is 4.92 Å². The van der Waals surface area contributed by atoms with Crippen molar-refractivity contribution in [2.24, 2.45) is 0 Å². The van der Waals surface area contributed by atoms with Crippen LogP contribution in [0.25, 0.3) is 0 Å². The van der Waals surface area contributed by atoms with Gasteiger partial charge in [0, 0.05) is 24.5 Å². The number of rotatable bonds is 1. The van der Waals surface area contributed by atoms with E-state index in [0.717, 1.165) is 11.1 Å². The molecule has 2 atom stereocenters. The van der Waals surface area contributed by atoms with Crippen LogP contribution in [0.1, 0.15) is 24.0 Å². The predicted octanol–water partition coefficient (Wildman–Crippen LogP) is 0.833. The summed E-state index contributed by atoms with van der Waals surface area (Å²) >= 11 is 0. The zero-order valence-corrected chi connectivity index (χ0v) is 10.1. The van der Waals surface area contributed by atoms with Crippen molar-refractivity contribution in [3.8, 4) is 0 Å². The topological polar surface area (TPSA) is 101 Å². The molecular weight excluding hydrogens is 250 g/mol. The van der Waals surface area contributed by atoms with Crippen LogP contribution in [0, 0.1) is 10.1 Å². The van der Waals surface area contributed by atoms with Crippen LogP contribution in [-0.2, 0) is 11.2 Å². The summed E-state index contributed by atoms with van der Waals surface area (Å²) in [6.45, 7) is 1.84. The van der Waals surface area contributed by atoms with Gasteiger partial charge >= 0.3 is 6.03 Å². The van der Waals surface area contributed by atoms with Gasteiger partial charge < -0.3 is 5.32 Å². The fourth-order valence-electron chi connectivity index (χ4n) is 2.93. The maximum atomic E-state index is 12.0. The number of nitrogens with one attached hydrogen (secondary N) is 2. The lowest BCUT2D eigenvalue weighted by atomic mass is 9.86. The molecule has 0 bridgehead atoms. The van der Waals surface area contributed by atoms with E-state index in [-0.39, 0.29) is 23.9 Å². The van der Waals surface area contributed by atoms with Crippen molar-refractivity contribution >= 4 is 17.6 Å². The largest absolute Gasteiger partial charge is 0.322 e. The third-order valence-corrected chi connectivity index (χ3v) is 3.98. The van der Waals surface area contributed by atoms with Gasteiger partial charge in [-0.2, -0.15) is 0 Å². The summed E-state index contributed by atoms with van der Waals surface area (Å²) in [5.74, 6) is -0.585. The first-order valence-electron chi connectivity index (χ1n) is 5.85. The van der Waals surface area contributed by atoms with Gasteiger partial charge in [-0.15, -0.1) is 0 Å². The molecule has 1 aromatic rings. The fourth-order valence-corrected chi connectivity index (χ4v) is 2.93. The van der Waals surface area contributed by atoms with Crippen LogP contribution in [0.5, 0.6) is 0 Å². The number of amides is 3. The van der Waals surface area contributed by atoms with Crippen molar-refractivity contribution in [2.45, 2.75) is 24.8 Å². The van der Waals surface area contributed by atoms with E-state index in [1.807, 2.05) is 6.92 Å². The Morgan fingerprint density at radius 3 is 2.74 bits per heavy atom. The summed E-state index contributed by atoms with van der Waals surface area (Å²) in [6, 6.07) is 4.03. The number of hydrogen-bond donors (Lipinski definition) is 2. The molecule has 0 aromatic heterocycles. The molecule has 1 aliphatic heterocycles. The number of imide groups is 1. The first kappa shape index (κ1) is 11.6. The molecular formula is C12H11N3O4. The van der Waals surface area contributed by atoms with Crippen LogP contribution in [0.2, 0.25) is 0 Å². The normalized spacial score (nSPS) is 28.2. The summed E-state index contributed by atoms with van der Waals surface area (Å²) < 4.78 is 0. The van der Waals surface area contributed by atoms with Crippen molar-refractivity contribution in [2.75, 3.05) is 0 Å². The maximum absolute atomic E-state index is 12.0. The monoisotopic (exact) mass is 261 g/mol. The molecule has 1 aromatic carbocycles. The van der Waals surface area contributed by atoms with Crippen LogP contribution in [-0.4, -0.2) is 22.4 Å². The molecule has 2 unspecified atom stereocenters. The Hall–Kier alpha value is -2.44. The first-order valence-corrected chi connectivity index (χ1v) is 5.85. The molecule has 3 amide bonds. The molecule has 1 saturated heterocycles. The van der Waals surface area contributed by atoms with Gasteiger partial charge in [-0.25, -0.2) is 4.79 Å². The maximum Gasteiger partial charge on any atom is 0.322 e. The summed E-state index contributed by atoms with van der Waals surface area (Å²) in [5.41, 5.74) is 0.587. The third-order valence-electron chi connectivity index (χ3n) is 3.98. The van der Waals surface area contributed by atoms with Gasteiger partial charge in [-0.05, 0) is 11.1 Å². The Morgan fingerprint density at radius 1 is 1.42 bits per heavy atom. The van der Waals surface area contributed by atoms with Gasteiger partial charge in [0.25, 0.3) is 11.6 Å². The van der Waals surface area contributed by atoms with Gasteiger partial charge in [0.1, 0.15) is 5.54 Å². The highest BCUT2D eigenvalue weighted by Crippen LogP contribution is 2.43. The summed E-state index contributed by atoms with van der Waals surface area (Å²) in [4.78, 5) is 33.6. The van der Waals surface area contributed by atoms with E-state index in [4.69, 9.17) is 0 Å². The number of nitrogens with zero attached hydrogens (tertiary/aromatic N) is 1. The molecule has 7 nitrogen and oxygen atoms in total. The molecule has 7 heteroatoms. The van der Waals surface area contributed by atoms with Gasteiger partial charge in [-0.1, -0.05) is 13.0 Å². The van der Waals surface area contributed by atoms with E-state index < -0.39 is 16.5 Å². The van der Waals surface area contributed by atoms with Gasteiger partial charge in [-0.3, -0.25) is 20.2 Å². The highest BCUT2D eigenvalue weighted by atomic mass is 16.6. The number of nitro benzene ring substituents is 1. The van der Waals surface area contributed by atoms with Gasteiger partial charge in [0.15, 0.2) is 0 Å².